The van der Waals surface area contributed by atoms with Crippen molar-refractivity contribution < 1.29 is 23.9 Å². The van der Waals surface area contributed by atoms with Gasteiger partial charge in [-0.1, -0.05) is 117 Å². The molecule has 0 fully saturated rings. The zero-order valence-corrected chi connectivity index (χ0v) is 27.3. The van der Waals surface area contributed by atoms with Crippen LogP contribution in [-0.4, -0.2) is 61.2 Å². The molecule has 0 spiro atoms. The molecule has 0 aliphatic carbocycles. The van der Waals surface area contributed by atoms with E-state index in [9.17, 15) is 14.4 Å². The lowest BCUT2D eigenvalue weighted by atomic mass is 10.1. The maximum absolute atomic E-state index is 12.5. The summed E-state index contributed by atoms with van der Waals surface area (Å²) in [5.41, 5.74) is 11.4. The maximum Gasteiger partial charge on any atom is 0.306 e. The zero-order valence-electron chi connectivity index (χ0n) is 26.4. The number of amides is 1. The molecule has 1 unspecified atom stereocenters. The summed E-state index contributed by atoms with van der Waals surface area (Å²) < 4.78 is 11.2. The van der Waals surface area contributed by atoms with Crippen molar-refractivity contribution in [1.82, 2.24) is 5.32 Å². The molecule has 0 aromatic heterocycles. The second kappa shape index (κ2) is 30.1. The second-order valence-electron chi connectivity index (χ2n) is 11.2. The Kier molecular flexibility index (Phi) is 29.2. The van der Waals surface area contributed by atoms with Crippen molar-refractivity contribution >= 4 is 29.6 Å². The van der Waals surface area contributed by atoms with Gasteiger partial charge in [-0.25, -0.2) is 0 Å². The quantitative estimate of drug-likeness (QED) is 0.0634. The molecule has 41 heavy (non-hydrogen) atoms. The Bertz CT molecular complexity index is 638. The molecular weight excluding hydrogens is 538 g/mol. The van der Waals surface area contributed by atoms with E-state index in [0.29, 0.717) is 37.4 Å². The van der Waals surface area contributed by atoms with Crippen LogP contribution in [0.2, 0.25) is 0 Å². The van der Waals surface area contributed by atoms with E-state index in [-0.39, 0.29) is 24.5 Å². The third-order valence-corrected chi connectivity index (χ3v) is 8.28. The van der Waals surface area contributed by atoms with Gasteiger partial charge in [0.25, 0.3) is 0 Å². The predicted molar refractivity (Wildman–Crippen MR) is 172 cm³/mol. The zero-order chi connectivity index (χ0) is 30.4. The molecule has 0 aromatic rings. The Balaban J connectivity index is 4.37. The lowest BCUT2D eigenvalue weighted by Crippen LogP contribution is -2.44. The number of ether oxygens (including phenoxy) is 2. The summed E-state index contributed by atoms with van der Waals surface area (Å²) >= 11 is 1.42. The number of carbonyl (C=O) groups excluding carboxylic acids is 3. The molecule has 8 nitrogen and oxygen atoms in total. The van der Waals surface area contributed by atoms with E-state index in [1.807, 2.05) is 0 Å². The second-order valence-corrected chi connectivity index (χ2v) is 12.3. The van der Waals surface area contributed by atoms with Gasteiger partial charge in [0.05, 0.1) is 6.04 Å². The van der Waals surface area contributed by atoms with Gasteiger partial charge in [-0.2, -0.15) is 11.8 Å². The molecule has 0 aromatic carbocycles. The lowest BCUT2D eigenvalue weighted by Gasteiger charge is -2.19. The summed E-state index contributed by atoms with van der Waals surface area (Å²) in [5.74, 6) is 0.00506. The van der Waals surface area contributed by atoms with Crippen LogP contribution in [-0.2, 0) is 23.9 Å². The molecule has 242 valence electrons. The third kappa shape index (κ3) is 27.3. The van der Waals surface area contributed by atoms with Crippen LogP contribution in [0, 0.1) is 0 Å². The van der Waals surface area contributed by atoms with Gasteiger partial charge in [0, 0.05) is 37.4 Å². The molecule has 0 heterocycles. The molecule has 0 saturated carbocycles. The van der Waals surface area contributed by atoms with Crippen molar-refractivity contribution in [3.63, 3.8) is 0 Å². The summed E-state index contributed by atoms with van der Waals surface area (Å²) in [4.78, 5) is 36.8. The Hall–Kier alpha value is -1.32. The molecule has 0 aliphatic rings. The molecule has 0 saturated heterocycles. The van der Waals surface area contributed by atoms with Crippen molar-refractivity contribution in [3.05, 3.63) is 0 Å². The number of esters is 2. The van der Waals surface area contributed by atoms with E-state index in [4.69, 9.17) is 20.9 Å². The maximum atomic E-state index is 12.5. The van der Waals surface area contributed by atoms with Crippen LogP contribution in [0.25, 0.3) is 0 Å². The number of unbranched alkanes of at least 4 members (excludes halogenated alkanes) is 16. The number of thioether (sulfide) groups is 1. The number of rotatable bonds is 30. The normalized spacial score (nSPS) is 12.6. The first-order valence-corrected chi connectivity index (χ1v) is 17.8. The highest BCUT2D eigenvalue weighted by Crippen LogP contribution is 2.14. The molecule has 2 atom stereocenters. The Morgan fingerprint density at radius 2 is 1.15 bits per heavy atom. The SMILES string of the molecule is CCCCCCCCCCCC(=O)OCC(CSC[C@H](N)C(=O)NCCN)OC(=O)CCCCCCCCCCC. The van der Waals surface area contributed by atoms with Crippen LogP contribution >= 0.6 is 11.8 Å². The van der Waals surface area contributed by atoms with Gasteiger partial charge in [0.2, 0.25) is 5.91 Å². The first kappa shape index (κ1) is 39.7. The van der Waals surface area contributed by atoms with Crippen LogP contribution in [0.3, 0.4) is 0 Å². The Morgan fingerprint density at radius 3 is 1.63 bits per heavy atom. The summed E-state index contributed by atoms with van der Waals surface area (Å²) in [7, 11) is 0. The highest BCUT2D eigenvalue weighted by Gasteiger charge is 2.19. The van der Waals surface area contributed by atoms with E-state index in [2.05, 4.69) is 19.2 Å². The van der Waals surface area contributed by atoms with Crippen LogP contribution in [0.5, 0.6) is 0 Å². The van der Waals surface area contributed by atoms with Crippen molar-refractivity contribution in [2.24, 2.45) is 11.5 Å². The minimum absolute atomic E-state index is 0.0291. The molecule has 9 heteroatoms. The molecule has 0 bridgehead atoms. The van der Waals surface area contributed by atoms with Gasteiger partial charge < -0.3 is 26.3 Å². The van der Waals surface area contributed by atoms with Crippen molar-refractivity contribution in [1.29, 1.82) is 0 Å². The van der Waals surface area contributed by atoms with Crippen molar-refractivity contribution in [3.8, 4) is 0 Å². The molecule has 0 rings (SSSR count). The fourth-order valence-electron chi connectivity index (χ4n) is 4.51. The topological polar surface area (TPSA) is 134 Å². The van der Waals surface area contributed by atoms with Crippen molar-refractivity contribution in [2.45, 2.75) is 154 Å². The highest BCUT2D eigenvalue weighted by atomic mass is 32.2. The van der Waals surface area contributed by atoms with Crippen LogP contribution in [0.15, 0.2) is 0 Å². The van der Waals surface area contributed by atoms with E-state index in [1.54, 1.807) is 0 Å². The van der Waals surface area contributed by atoms with Crippen molar-refractivity contribution in [2.75, 3.05) is 31.2 Å². The van der Waals surface area contributed by atoms with Gasteiger partial charge in [-0.05, 0) is 12.8 Å². The minimum Gasteiger partial charge on any atom is -0.462 e. The number of nitrogens with two attached hydrogens (primary N) is 2. The number of hydrogen-bond acceptors (Lipinski definition) is 8. The summed E-state index contributed by atoms with van der Waals surface area (Å²) in [6.07, 6.45) is 21.5. The Morgan fingerprint density at radius 1 is 0.683 bits per heavy atom. The summed E-state index contributed by atoms with van der Waals surface area (Å²) in [5, 5.41) is 2.68. The smallest absolute Gasteiger partial charge is 0.306 e. The molecule has 0 radical (unpaired) electrons. The fraction of sp³-hybridized carbons (Fsp3) is 0.906. The summed E-state index contributed by atoms with van der Waals surface area (Å²) in [6, 6.07) is -0.681. The first-order valence-electron chi connectivity index (χ1n) is 16.6. The number of nitrogens with one attached hydrogen (secondary N) is 1. The average molecular weight is 602 g/mol. The first-order chi connectivity index (χ1) is 19.9. The standard InChI is InChI=1S/C32H63N3O5S/c1-3-5-7-9-11-13-15-17-19-21-30(36)39-25-28(26-41-27-29(34)32(38)35-24-23-33)40-31(37)22-20-18-16-14-12-10-8-6-4-2/h28-29H,3-27,33-34H2,1-2H3,(H,35,38)/t28?,29-/m0/s1. The van der Waals surface area contributed by atoms with Gasteiger partial charge in [-0.3, -0.25) is 14.4 Å². The third-order valence-electron chi connectivity index (χ3n) is 7.08. The monoisotopic (exact) mass is 601 g/mol. The van der Waals surface area contributed by atoms with Gasteiger partial charge in [0.1, 0.15) is 12.7 Å². The number of hydrogen-bond donors (Lipinski definition) is 3. The molecule has 0 aliphatic heterocycles. The molecule has 1 amide bonds. The van der Waals surface area contributed by atoms with Gasteiger partial charge >= 0.3 is 11.9 Å². The van der Waals surface area contributed by atoms with Crippen LogP contribution in [0.4, 0.5) is 0 Å². The highest BCUT2D eigenvalue weighted by molar-refractivity contribution is 7.99. The Labute approximate surface area is 255 Å². The predicted octanol–water partition coefficient (Wildman–Crippen LogP) is 6.42. The lowest BCUT2D eigenvalue weighted by molar-refractivity contribution is -0.157. The minimum atomic E-state index is -0.681. The van der Waals surface area contributed by atoms with E-state index in [0.717, 1.165) is 38.5 Å². The largest absolute Gasteiger partial charge is 0.462 e. The van der Waals surface area contributed by atoms with Gasteiger partial charge in [0.15, 0.2) is 0 Å². The van der Waals surface area contributed by atoms with Crippen LogP contribution < -0.4 is 16.8 Å². The van der Waals surface area contributed by atoms with E-state index in [1.165, 1.54) is 88.8 Å². The van der Waals surface area contributed by atoms with E-state index >= 15 is 0 Å². The number of carbonyl (C=O) groups is 3. The van der Waals surface area contributed by atoms with Gasteiger partial charge in [-0.15, -0.1) is 0 Å². The molecular formula is C32H63N3O5S. The average Bonchev–Trinajstić information content (AvgIpc) is 2.96. The summed E-state index contributed by atoms with van der Waals surface area (Å²) in [6.45, 7) is 5.22. The van der Waals surface area contributed by atoms with Crippen LogP contribution in [0.1, 0.15) is 142 Å². The molecule has 5 N–H and O–H groups in total. The van der Waals surface area contributed by atoms with E-state index < -0.39 is 12.1 Å². The fourth-order valence-corrected chi connectivity index (χ4v) is 5.48.